The Morgan fingerprint density at radius 1 is 1.48 bits per heavy atom. The van der Waals surface area contributed by atoms with Crippen LogP contribution in [0.2, 0.25) is 0 Å². The topological polar surface area (TPSA) is 101 Å². The standard InChI is InChI=1S/C16H20BrN3O2.C2HF3O2/c1-3-6-22-9-16-7-11(18-12(16)8-16)15(21)20-14-10(2)4-5-13(17)19-14;3-2(4,5)1(6)7/h3-5,11-12,18H,1,6-9H2,2H3,(H,19,20,21);(H,6,7)/t11-,12+,16-;/m0./s1. The molecule has 3 N–H and O–H groups in total. The lowest BCUT2D eigenvalue weighted by Gasteiger charge is -2.16. The van der Waals surface area contributed by atoms with Crippen molar-refractivity contribution in [2.24, 2.45) is 5.41 Å². The zero-order valence-corrected chi connectivity index (χ0v) is 17.1. The highest BCUT2D eigenvalue weighted by Crippen LogP contribution is 2.54. The first-order chi connectivity index (χ1) is 13.5. The molecule has 0 aromatic carbocycles. The number of pyridine rings is 1. The molecule has 1 saturated heterocycles. The van der Waals surface area contributed by atoms with Crippen molar-refractivity contribution in [1.82, 2.24) is 10.3 Å². The second-order valence-corrected chi connectivity index (χ2v) is 7.75. The van der Waals surface area contributed by atoms with E-state index in [1.165, 1.54) is 0 Å². The van der Waals surface area contributed by atoms with Gasteiger partial charge in [-0.1, -0.05) is 12.1 Å². The zero-order valence-electron chi connectivity index (χ0n) is 15.6. The van der Waals surface area contributed by atoms with Gasteiger partial charge in [0.1, 0.15) is 10.4 Å². The van der Waals surface area contributed by atoms with Crippen LogP contribution >= 0.6 is 15.9 Å². The molecule has 0 radical (unpaired) electrons. The van der Waals surface area contributed by atoms with Crippen molar-refractivity contribution in [3.05, 3.63) is 35.0 Å². The van der Waals surface area contributed by atoms with Gasteiger partial charge in [-0.25, -0.2) is 9.78 Å². The SMILES string of the molecule is C=CCOC[C@@]12C[C@@H](C(=O)Nc3nc(Br)ccc3C)N[C@@H]1C2.O=C(O)C(F)(F)F. The third-order valence-electron chi connectivity index (χ3n) is 4.69. The van der Waals surface area contributed by atoms with Crippen molar-refractivity contribution < 1.29 is 32.6 Å². The minimum absolute atomic E-state index is 0.0241. The van der Waals surface area contributed by atoms with Crippen molar-refractivity contribution in [3.8, 4) is 0 Å². The molecule has 11 heteroatoms. The number of carboxylic acids is 1. The van der Waals surface area contributed by atoms with E-state index in [1.807, 2.05) is 19.1 Å². The Balaban J connectivity index is 0.000000370. The largest absolute Gasteiger partial charge is 0.490 e. The van der Waals surface area contributed by atoms with Crippen LogP contribution in [0.15, 0.2) is 29.4 Å². The molecule has 1 aromatic rings. The maximum atomic E-state index is 12.4. The maximum Gasteiger partial charge on any atom is 0.490 e. The number of hydrogen-bond donors (Lipinski definition) is 3. The fourth-order valence-electron chi connectivity index (χ4n) is 3.08. The first kappa shape index (κ1) is 23.3. The van der Waals surface area contributed by atoms with Crippen LogP contribution < -0.4 is 10.6 Å². The Bertz CT molecular complexity index is 790. The van der Waals surface area contributed by atoms with Crippen LogP contribution in [-0.4, -0.2) is 53.4 Å². The van der Waals surface area contributed by atoms with Crippen molar-refractivity contribution in [2.75, 3.05) is 18.5 Å². The van der Waals surface area contributed by atoms with Gasteiger partial charge in [-0.2, -0.15) is 13.2 Å². The number of anilines is 1. The Morgan fingerprint density at radius 3 is 2.72 bits per heavy atom. The fraction of sp³-hybridized carbons (Fsp3) is 0.500. The monoisotopic (exact) mass is 479 g/mol. The molecule has 7 nitrogen and oxygen atoms in total. The summed E-state index contributed by atoms with van der Waals surface area (Å²) < 4.78 is 38.0. The number of carbonyl (C=O) groups is 2. The Kier molecular flexibility index (Phi) is 7.41. The van der Waals surface area contributed by atoms with Crippen molar-refractivity contribution in [2.45, 2.75) is 38.0 Å². The predicted octanol–water partition coefficient (Wildman–Crippen LogP) is 3.05. The highest BCUT2D eigenvalue weighted by Gasteiger charge is 2.61. The molecule has 2 heterocycles. The van der Waals surface area contributed by atoms with E-state index in [4.69, 9.17) is 14.6 Å². The summed E-state index contributed by atoms with van der Waals surface area (Å²) in [6.45, 7) is 6.83. The summed E-state index contributed by atoms with van der Waals surface area (Å²) in [6.07, 6.45) is -1.43. The van der Waals surface area contributed by atoms with Crippen molar-refractivity contribution in [3.63, 3.8) is 0 Å². The van der Waals surface area contributed by atoms with Crippen LogP contribution in [0.5, 0.6) is 0 Å². The molecule has 3 rings (SSSR count). The Labute approximate surface area is 173 Å². The van der Waals surface area contributed by atoms with Gasteiger partial charge in [0, 0.05) is 11.5 Å². The second-order valence-electron chi connectivity index (χ2n) is 6.94. The van der Waals surface area contributed by atoms with Crippen LogP contribution in [0.25, 0.3) is 0 Å². The number of ether oxygens (including phenoxy) is 1. The molecule has 29 heavy (non-hydrogen) atoms. The number of nitrogens with one attached hydrogen (secondary N) is 2. The third-order valence-corrected chi connectivity index (χ3v) is 5.13. The molecule has 0 spiro atoms. The van der Waals surface area contributed by atoms with E-state index in [1.54, 1.807) is 6.08 Å². The normalized spacial score (nSPS) is 24.7. The summed E-state index contributed by atoms with van der Waals surface area (Å²) in [4.78, 5) is 25.6. The van der Waals surface area contributed by atoms with Gasteiger partial charge in [0.25, 0.3) is 0 Å². The molecule has 1 saturated carbocycles. The van der Waals surface area contributed by atoms with Gasteiger partial charge < -0.3 is 20.5 Å². The van der Waals surface area contributed by atoms with Gasteiger partial charge in [-0.15, -0.1) is 6.58 Å². The number of nitrogens with zero attached hydrogens (tertiary/aromatic N) is 1. The highest BCUT2D eigenvalue weighted by atomic mass is 79.9. The van der Waals surface area contributed by atoms with E-state index in [2.05, 4.69) is 38.1 Å². The number of carbonyl (C=O) groups excluding carboxylic acids is 1. The minimum atomic E-state index is -5.08. The number of fused-ring (bicyclic) bond motifs is 1. The molecule has 1 aliphatic heterocycles. The summed E-state index contributed by atoms with van der Waals surface area (Å²) in [7, 11) is 0. The van der Waals surface area contributed by atoms with Gasteiger partial charge in [0.15, 0.2) is 0 Å². The number of piperidine rings is 1. The molecule has 2 aliphatic rings. The number of rotatable bonds is 6. The lowest BCUT2D eigenvalue weighted by Crippen LogP contribution is -2.38. The van der Waals surface area contributed by atoms with Crippen molar-refractivity contribution in [1.29, 1.82) is 0 Å². The molecule has 160 valence electrons. The first-order valence-corrected chi connectivity index (χ1v) is 9.46. The molecule has 2 fully saturated rings. The molecule has 0 unspecified atom stereocenters. The summed E-state index contributed by atoms with van der Waals surface area (Å²) in [5.41, 5.74) is 1.08. The van der Waals surface area contributed by atoms with Crippen molar-refractivity contribution >= 4 is 33.6 Å². The highest BCUT2D eigenvalue weighted by molar-refractivity contribution is 9.10. The lowest BCUT2D eigenvalue weighted by molar-refractivity contribution is -0.192. The van der Waals surface area contributed by atoms with Gasteiger partial charge >= 0.3 is 12.1 Å². The molecule has 0 bridgehead atoms. The van der Waals surface area contributed by atoms with Gasteiger partial charge in [0.2, 0.25) is 5.91 Å². The number of carboxylic acid groups (broad SMARTS) is 1. The molecular formula is C18H21BrF3N3O4. The molecule has 1 aliphatic carbocycles. The van der Waals surface area contributed by atoms with E-state index >= 15 is 0 Å². The molecule has 1 aromatic heterocycles. The number of alkyl halides is 3. The average molecular weight is 480 g/mol. The number of halogens is 4. The Morgan fingerprint density at radius 2 is 2.14 bits per heavy atom. The van der Waals surface area contributed by atoms with Crippen LogP contribution in [-0.2, 0) is 14.3 Å². The van der Waals surface area contributed by atoms with Gasteiger partial charge in [0.05, 0.1) is 19.3 Å². The lowest BCUT2D eigenvalue weighted by atomic mass is 10.0. The van der Waals surface area contributed by atoms with Crippen LogP contribution in [0.4, 0.5) is 19.0 Å². The quantitative estimate of drug-likeness (QED) is 0.329. The molecular weight excluding hydrogens is 459 g/mol. The average Bonchev–Trinajstić information content (AvgIpc) is 3.17. The molecule has 3 atom stereocenters. The van der Waals surface area contributed by atoms with E-state index in [9.17, 15) is 18.0 Å². The maximum absolute atomic E-state index is 12.4. The third kappa shape index (κ3) is 6.25. The first-order valence-electron chi connectivity index (χ1n) is 8.67. The predicted molar refractivity (Wildman–Crippen MR) is 102 cm³/mol. The van der Waals surface area contributed by atoms with E-state index in [-0.39, 0.29) is 17.4 Å². The van der Waals surface area contributed by atoms with Crippen LogP contribution in [0, 0.1) is 12.3 Å². The zero-order chi connectivity index (χ0) is 21.8. The Hall–Kier alpha value is -1.98. The summed E-state index contributed by atoms with van der Waals surface area (Å²) in [5, 5.41) is 13.4. The smallest absolute Gasteiger partial charge is 0.475 e. The van der Waals surface area contributed by atoms with Gasteiger partial charge in [-0.3, -0.25) is 4.79 Å². The summed E-state index contributed by atoms with van der Waals surface area (Å²) in [5.74, 6) is -2.17. The second kappa shape index (κ2) is 9.23. The van der Waals surface area contributed by atoms with Crippen LogP contribution in [0.1, 0.15) is 18.4 Å². The van der Waals surface area contributed by atoms with E-state index in [0.717, 1.165) is 18.4 Å². The summed E-state index contributed by atoms with van der Waals surface area (Å²) in [6, 6.07) is 4.01. The number of aryl methyl sites for hydroxylation is 1. The number of amides is 1. The minimum Gasteiger partial charge on any atom is -0.475 e. The molecule has 1 amide bonds. The number of aliphatic carboxylic acids is 1. The van der Waals surface area contributed by atoms with E-state index < -0.39 is 12.1 Å². The van der Waals surface area contributed by atoms with Crippen LogP contribution in [0.3, 0.4) is 0 Å². The van der Waals surface area contributed by atoms with E-state index in [0.29, 0.717) is 29.7 Å². The fourth-order valence-corrected chi connectivity index (χ4v) is 3.39. The van der Waals surface area contributed by atoms with Gasteiger partial charge in [-0.05, 0) is 47.3 Å². The number of hydrogen-bond acceptors (Lipinski definition) is 5. The number of aromatic nitrogens is 1. The summed E-state index contributed by atoms with van der Waals surface area (Å²) >= 11 is 3.33.